The Morgan fingerprint density at radius 1 is 0.982 bits per heavy atom. The number of ether oxygens (including phenoxy) is 2. The highest BCUT2D eigenvalue weighted by molar-refractivity contribution is 7.10. The minimum absolute atomic E-state index is 0.00313. The number of halogens is 6. The second-order valence-electron chi connectivity index (χ2n) is 13.8. The number of piperidine rings is 2. The Labute approximate surface area is 318 Å². The highest BCUT2D eigenvalue weighted by Crippen LogP contribution is 2.44. The molecule has 300 valence electrons. The van der Waals surface area contributed by atoms with Crippen molar-refractivity contribution in [2.75, 3.05) is 32.8 Å². The summed E-state index contributed by atoms with van der Waals surface area (Å²) < 4.78 is 95.1. The van der Waals surface area contributed by atoms with Gasteiger partial charge in [0.05, 0.1) is 23.8 Å². The van der Waals surface area contributed by atoms with Gasteiger partial charge in [0, 0.05) is 56.7 Å². The maximum atomic E-state index is 14.9. The third kappa shape index (κ3) is 9.60. The normalized spacial score (nSPS) is 20.3. The molecule has 0 radical (unpaired) electrons. The molecule has 0 aliphatic carbocycles. The zero-order valence-corrected chi connectivity index (χ0v) is 30.9. The van der Waals surface area contributed by atoms with E-state index in [1.807, 2.05) is 12.1 Å². The fourth-order valence-corrected chi connectivity index (χ4v) is 8.17. The lowest BCUT2D eigenvalue weighted by molar-refractivity contribution is -0.163. The number of aliphatic carboxylic acids is 1. The summed E-state index contributed by atoms with van der Waals surface area (Å²) in [5.41, 5.74) is -4.03. The van der Waals surface area contributed by atoms with Gasteiger partial charge in [0.25, 0.3) is 11.8 Å². The molecule has 2 N–H and O–H groups in total. The van der Waals surface area contributed by atoms with Crippen molar-refractivity contribution in [2.45, 2.75) is 94.3 Å². The van der Waals surface area contributed by atoms with E-state index in [1.54, 1.807) is 19.1 Å². The lowest BCUT2D eigenvalue weighted by atomic mass is 9.78. The molecule has 17 heteroatoms. The number of benzene rings is 1. The standard InChI is InChI=1S/C38H43F6N3O7S/c1-2-8-29-36(54-26-23-30(55-24-26)38(42,43)44,14-7-18-47(29)33(50)32-28(37(39,40)41)11-5-17-45-32)34(51)46-19-15-35(52,16-20-46)27-10-4-3-9-25(27)13-22-53-21-6-12-31(48)49/h3-5,9-11,17,23-24,29,52H,2,6-8,12-16,18-22H2,1H3,(H,48,49)/t29-,36+/m1/s1. The van der Waals surface area contributed by atoms with Crippen molar-refractivity contribution in [1.29, 1.82) is 0 Å². The van der Waals surface area contributed by atoms with Crippen LogP contribution in [-0.4, -0.2) is 87.3 Å². The van der Waals surface area contributed by atoms with Crippen molar-refractivity contribution in [3.8, 4) is 5.75 Å². The van der Waals surface area contributed by atoms with Crippen LogP contribution < -0.4 is 4.74 Å². The summed E-state index contributed by atoms with van der Waals surface area (Å²) in [6, 6.07) is 8.60. The molecule has 4 heterocycles. The van der Waals surface area contributed by atoms with Gasteiger partial charge in [-0.25, -0.2) is 0 Å². The summed E-state index contributed by atoms with van der Waals surface area (Å²) >= 11 is 0.367. The van der Waals surface area contributed by atoms with Gasteiger partial charge in [-0.15, -0.1) is 11.3 Å². The van der Waals surface area contributed by atoms with Gasteiger partial charge < -0.3 is 29.5 Å². The number of carboxylic acids is 1. The highest BCUT2D eigenvalue weighted by Gasteiger charge is 2.56. The van der Waals surface area contributed by atoms with E-state index in [2.05, 4.69) is 4.98 Å². The van der Waals surface area contributed by atoms with Crippen LogP contribution in [0.1, 0.15) is 90.3 Å². The second-order valence-corrected chi connectivity index (χ2v) is 14.7. The topological polar surface area (TPSA) is 130 Å². The Balaban J connectivity index is 1.44. The van der Waals surface area contributed by atoms with E-state index in [-0.39, 0.29) is 77.1 Å². The van der Waals surface area contributed by atoms with E-state index < -0.39 is 63.5 Å². The average molecular weight is 800 g/mol. The van der Waals surface area contributed by atoms with Crippen LogP contribution >= 0.6 is 11.3 Å². The predicted octanol–water partition coefficient (Wildman–Crippen LogP) is 7.34. The fraction of sp³-hybridized carbons (Fsp3) is 0.526. The molecular formula is C38H43F6N3O7S. The third-order valence-electron chi connectivity index (χ3n) is 10.1. The molecule has 2 atom stereocenters. The fourth-order valence-electron chi connectivity index (χ4n) is 7.49. The number of pyridine rings is 1. The SMILES string of the molecule is CCC[C@H]1N(C(=O)c2ncccc2C(F)(F)F)CCC[C@@]1(Oc1csc(C(F)(F)F)c1)C(=O)N1CCC(O)(c2ccccc2CCOCCCC(=O)O)CC1. The number of hydrogen-bond donors (Lipinski definition) is 2. The third-order valence-corrected chi connectivity index (χ3v) is 11.1. The van der Waals surface area contributed by atoms with E-state index in [1.165, 1.54) is 4.90 Å². The van der Waals surface area contributed by atoms with Crippen LogP contribution in [0.3, 0.4) is 0 Å². The van der Waals surface area contributed by atoms with Crippen molar-refractivity contribution in [3.05, 3.63) is 81.3 Å². The quantitative estimate of drug-likeness (QED) is 0.128. The van der Waals surface area contributed by atoms with E-state index in [4.69, 9.17) is 14.6 Å². The summed E-state index contributed by atoms with van der Waals surface area (Å²) in [4.78, 5) is 45.1. The first-order valence-corrected chi connectivity index (χ1v) is 19.0. The minimum atomic E-state index is -4.92. The van der Waals surface area contributed by atoms with Gasteiger partial charge in [0.15, 0.2) is 0 Å². The first-order chi connectivity index (χ1) is 26.0. The lowest BCUT2D eigenvalue weighted by Gasteiger charge is -2.51. The molecule has 2 amide bonds. The van der Waals surface area contributed by atoms with Crippen LogP contribution in [0.15, 0.2) is 54.0 Å². The molecule has 0 spiro atoms. The van der Waals surface area contributed by atoms with Crippen molar-refractivity contribution in [2.24, 2.45) is 0 Å². The van der Waals surface area contributed by atoms with E-state index in [0.29, 0.717) is 36.2 Å². The summed E-state index contributed by atoms with van der Waals surface area (Å²) in [6.07, 6.45) is -7.17. The molecule has 1 aromatic carbocycles. The first-order valence-electron chi connectivity index (χ1n) is 18.1. The first kappa shape index (κ1) is 41.9. The molecule has 2 fully saturated rings. The van der Waals surface area contributed by atoms with Gasteiger partial charge in [0.2, 0.25) is 5.60 Å². The molecule has 10 nitrogen and oxygen atoms in total. The highest BCUT2D eigenvalue weighted by atomic mass is 32.1. The number of amides is 2. The van der Waals surface area contributed by atoms with Gasteiger partial charge >= 0.3 is 18.3 Å². The Bertz CT molecular complexity index is 1810. The van der Waals surface area contributed by atoms with Crippen molar-refractivity contribution >= 4 is 29.1 Å². The van der Waals surface area contributed by atoms with Crippen LogP contribution in [0.2, 0.25) is 0 Å². The second kappa shape index (κ2) is 17.3. The number of rotatable bonds is 14. The van der Waals surface area contributed by atoms with Gasteiger partial charge in [-0.2, -0.15) is 26.3 Å². The number of alkyl halides is 6. The Morgan fingerprint density at radius 3 is 2.36 bits per heavy atom. The average Bonchev–Trinajstić information content (AvgIpc) is 3.62. The molecule has 0 bridgehead atoms. The van der Waals surface area contributed by atoms with Crippen LogP contribution in [0, 0.1) is 0 Å². The van der Waals surface area contributed by atoms with Crippen LogP contribution in [0.25, 0.3) is 0 Å². The summed E-state index contributed by atoms with van der Waals surface area (Å²) in [6.45, 7) is 2.25. The number of carbonyl (C=O) groups is 3. The minimum Gasteiger partial charge on any atom is -0.481 e. The smallest absolute Gasteiger partial charge is 0.425 e. The Kier molecular flexibility index (Phi) is 13.2. The maximum Gasteiger partial charge on any atom is 0.425 e. The molecular weight excluding hydrogens is 756 g/mol. The maximum absolute atomic E-state index is 14.9. The molecule has 0 saturated carbocycles. The van der Waals surface area contributed by atoms with Gasteiger partial charge in [-0.3, -0.25) is 19.4 Å². The number of hydrogen-bond acceptors (Lipinski definition) is 8. The molecule has 3 aromatic rings. The number of likely N-dealkylation sites (tertiary alicyclic amines) is 2. The lowest BCUT2D eigenvalue weighted by Crippen LogP contribution is -2.68. The van der Waals surface area contributed by atoms with Gasteiger partial charge in [-0.1, -0.05) is 37.6 Å². The summed E-state index contributed by atoms with van der Waals surface area (Å²) in [5.74, 6) is -2.91. The number of nitrogens with zero attached hydrogens (tertiary/aromatic N) is 3. The van der Waals surface area contributed by atoms with Crippen molar-refractivity contribution in [3.63, 3.8) is 0 Å². The Hall–Kier alpha value is -4.22. The number of carboxylic acid groups (broad SMARTS) is 1. The van der Waals surface area contributed by atoms with Gasteiger partial charge in [0.1, 0.15) is 16.3 Å². The van der Waals surface area contributed by atoms with E-state index in [9.17, 15) is 45.8 Å². The number of carbonyl (C=O) groups excluding carboxylic acids is 2. The van der Waals surface area contributed by atoms with E-state index in [0.717, 1.165) is 40.2 Å². The molecule has 5 rings (SSSR count). The number of aliphatic hydroxyl groups is 1. The summed E-state index contributed by atoms with van der Waals surface area (Å²) in [5, 5.41) is 21.9. The van der Waals surface area contributed by atoms with Crippen molar-refractivity contribution < 1.29 is 60.4 Å². The van der Waals surface area contributed by atoms with Gasteiger partial charge in [-0.05, 0) is 61.8 Å². The zero-order valence-electron chi connectivity index (χ0n) is 30.1. The molecule has 0 unspecified atom stereocenters. The molecule has 2 aliphatic rings. The number of aromatic nitrogens is 1. The van der Waals surface area contributed by atoms with Crippen LogP contribution in [0.4, 0.5) is 26.3 Å². The molecule has 2 saturated heterocycles. The number of thiophene rings is 1. The predicted molar refractivity (Wildman–Crippen MR) is 188 cm³/mol. The van der Waals surface area contributed by atoms with Crippen LogP contribution in [0.5, 0.6) is 5.75 Å². The summed E-state index contributed by atoms with van der Waals surface area (Å²) in [7, 11) is 0. The molecule has 55 heavy (non-hydrogen) atoms. The van der Waals surface area contributed by atoms with Crippen molar-refractivity contribution in [1.82, 2.24) is 14.8 Å². The molecule has 2 aliphatic heterocycles. The molecule has 2 aromatic heterocycles. The Morgan fingerprint density at radius 2 is 1.71 bits per heavy atom. The van der Waals surface area contributed by atoms with Crippen LogP contribution in [-0.2, 0) is 38.7 Å². The monoisotopic (exact) mass is 799 g/mol. The van der Waals surface area contributed by atoms with E-state index >= 15 is 0 Å². The largest absolute Gasteiger partial charge is 0.481 e. The zero-order chi connectivity index (χ0) is 40.0.